The van der Waals surface area contributed by atoms with Crippen LogP contribution in [0.2, 0.25) is 0 Å². The highest BCUT2D eigenvalue weighted by atomic mass is 32.1. The van der Waals surface area contributed by atoms with E-state index >= 15 is 0 Å². The van der Waals surface area contributed by atoms with E-state index in [1.807, 2.05) is 76.2 Å². The van der Waals surface area contributed by atoms with E-state index in [1.54, 1.807) is 40.9 Å². The number of hydrogen-bond donors (Lipinski definition) is 0. The number of nitrogens with zero attached hydrogens (tertiary/aromatic N) is 3. The van der Waals surface area contributed by atoms with Crippen LogP contribution in [0.3, 0.4) is 0 Å². The summed E-state index contributed by atoms with van der Waals surface area (Å²) in [7, 11) is 2.94. The van der Waals surface area contributed by atoms with Crippen molar-refractivity contribution in [3.63, 3.8) is 0 Å². The molecule has 0 N–H and O–H groups in total. The Labute approximate surface area is 275 Å². The number of ether oxygens (including phenoxy) is 2. The van der Waals surface area contributed by atoms with Crippen molar-refractivity contribution in [2.75, 3.05) is 27.3 Å². The summed E-state index contributed by atoms with van der Waals surface area (Å²) in [6.07, 6.45) is 1.70. The van der Waals surface area contributed by atoms with Crippen LogP contribution in [0.25, 0.3) is 28.2 Å². The third-order valence-electron chi connectivity index (χ3n) is 8.54. The normalized spacial score (nSPS) is 14.6. The van der Waals surface area contributed by atoms with Gasteiger partial charge in [0.25, 0.3) is 11.5 Å². The van der Waals surface area contributed by atoms with Gasteiger partial charge in [-0.1, -0.05) is 47.7 Å². The van der Waals surface area contributed by atoms with Crippen LogP contribution in [0.4, 0.5) is 0 Å². The van der Waals surface area contributed by atoms with Gasteiger partial charge in [0, 0.05) is 30.3 Å². The maximum atomic E-state index is 14.4. The maximum Gasteiger partial charge on any atom is 0.337 e. The van der Waals surface area contributed by atoms with Gasteiger partial charge in [0.15, 0.2) is 4.80 Å². The topological polar surface area (TPSA) is 103 Å². The van der Waals surface area contributed by atoms with Crippen molar-refractivity contribution < 1.29 is 23.5 Å². The molecule has 3 heterocycles. The number of furan rings is 1. The van der Waals surface area contributed by atoms with Crippen molar-refractivity contribution in [1.82, 2.24) is 9.47 Å². The lowest BCUT2D eigenvalue weighted by molar-refractivity contribution is -0.127. The molecule has 9 nitrogen and oxygen atoms in total. The molecule has 1 aliphatic heterocycles. The van der Waals surface area contributed by atoms with E-state index in [0.717, 1.165) is 27.5 Å². The summed E-state index contributed by atoms with van der Waals surface area (Å²) in [5.74, 6) is 1.07. The Morgan fingerprint density at radius 1 is 1.02 bits per heavy atom. The fraction of sp³-hybridized carbons (Fsp3) is 0.243. The molecule has 0 aliphatic carbocycles. The van der Waals surface area contributed by atoms with E-state index in [1.165, 1.54) is 18.4 Å². The number of hydrogen-bond acceptors (Lipinski definition) is 8. The van der Waals surface area contributed by atoms with Crippen LogP contribution in [0.1, 0.15) is 54.1 Å². The van der Waals surface area contributed by atoms with E-state index in [2.05, 4.69) is 0 Å². The summed E-state index contributed by atoms with van der Waals surface area (Å²) in [5.41, 5.74) is 3.55. The molecule has 0 saturated heterocycles. The lowest BCUT2D eigenvalue weighted by atomic mass is 9.90. The van der Waals surface area contributed by atoms with Crippen LogP contribution >= 0.6 is 11.3 Å². The SMILES string of the molecule is CCN(CC)C(=O)C1=C(C)N=c2s/c(=C\c3ccc(-c4ccc(C(=O)OC)cc4C)o3)c(=O)n2[C@H]1c1c(OC)ccc2ccccc12. The van der Waals surface area contributed by atoms with Gasteiger partial charge in [-0.25, -0.2) is 9.79 Å². The summed E-state index contributed by atoms with van der Waals surface area (Å²) < 4.78 is 18.9. The molecule has 0 unspecified atom stereocenters. The molecular formula is C37H35N3O6S. The van der Waals surface area contributed by atoms with Gasteiger partial charge in [0.2, 0.25) is 0 Å². The minimum absolute atomic E-state index is 0.171. The number of amides is 1. The first-order chi connectivity index (χ1) is 22.7. The predicted octanol–water partition coefficient (Wildman–Crippen LogP) is 5.62. The Morgan fingerprint density at radius 2 is 1.79 bits per heavy atom. The Kier molecular flexibility index (Phi) is 8.70. The number of aryl methyl sites for hydroxylation is 1. The number of aromatic nitrogens is 1. The Hall–Kier alpha value is -5.22. The zero-order chi connectivity index (χ0) is 33.4. The van der Waals surface area contributed by atoms with E-state index < -0.39 is 12.0 Å². The number of fused-ring (bicyclic) bond motifs is 2. The van der Waals surface area contributed by atoms with Crippen molar-refractivity contribution in [2.45, 2.75) is 33.7 Å². The number of esters is 1. The van der Waals surface area contributed by atoms with Gasteiger partial charge in [0.05, 0.1) is 35.6 Å². The molecule has 0 spiro atoms. The highest BCUT2D eigenvalue weighted by Crippen LogP contribution is 2.40. The average Bonchev–Trinajstić information content (AvgIpc) is 3.67. The van der Waals surface area contributed by atoms with E-state index in [9.17, 15) is 14.4 Å². The van der Waals surface area contributed by atoms with E-state index in [-0.39, 0.29) is 11.5 Å². The van der Waals surface area contributed by atoms with Gasteiger partial charge >= 0.3 is 5.97 Å². The summed E-state index contributed by atoms with van der Waals surface area (Å²) in [6, 6.07) is 19.9. The van der Waals surface area contributed by atoms with Crippen LogP contribution in [0.5, 0.6) is 5.75 Å². The highest BCUT2D eigenvalue weighted by molar-refractivity contribution is 7.07. The van der Waals surface area contributed by atoms with Crippen molar-refractivity contribution in [1.29, 1.82) is 0 Å². The van der Waals surface area contributed by atoms with Crippen LogP contribution in [-0.4, -0.2) is 48.7 Å². The number of thiazole rings is 1. The lowest BCUT2D eigenvalue weighted by Crippen LogP contribution is -2.43. The molecule has 10 heteroatoms. The third-order valence-corrected chi connectivity index (χ3v) is 9.52. The Morgan fingerprint density at radius 3 is 2.49 bits per heavy atom. The molecule has 1 atom stereocenters. The van der Waals surface area contributed by atoms with Gasteiger partial charge in [0.1, 0.15) is 23.3 Å². The molecule has 0 fully saturated rings. The van der Waals surface area contributed by atoms with Gasteiger partial charge in [-0.2, -0.15) is 0 Å². The number of allylic oxidation sites excluding steroid dienone is 1. The van der Waals surface area contributed by atoms with Crippen molar-refractivity contribution >= 4 is 40.1 Å². The zero-order valence-corrected chi connectivity index (χ0v) is 27.9. The summed E-state index contributed by atoms with van der Waals surface area (Å²) in [4.78, 5) is 47.6. The predicted molar refractivity (Wildman–Crippen MR) is 182 cm³/mol. The Bertz CT molecular complexity index is 2250. The van der Waals surface area contributed by atoms with Crippen molar-refractivity contribution in [3.8, 4) is 17.1 Å². The molecule has 47 heavy (non-hydrogen) atoms. The molecule has 0 saturated carbocycles. The summed E-state index contributed by atoms with van der Waals surface area (Å²) in [5, 5.41) is 1.85. The second-order valence-electron chi connectivity index (χ2n) is 11.2. The third kappa shape index (κ3) is 5.59. The van der Waals surface area contributed by atoms with Crippen LogP contribution in [-0.2, 0) is 9.53 Å². The molecule has 1 amide bonds. The lowest BCUT2D eigenvalue weighted by Gasteiger charge is -2.30. The monoisotopic (exact) mass is 649 g/mol. The van der Waals surface area contributed by atoms with E-state index in [4.69, 9.17) is 18.9 Å². The summed E-state index contributed by atoms with van der Waals surface area (Å²) in [6.45, 7) is 8.62. The number of rotatable bonds is 8. The minimum Gasteiger partial charge on any atom is -0.496 e. The largest absolute Gasteiger partial charge is 0.496 e. The van der Waals surface area contributed by atoms with Gasteiger partial charge in [-0.05, 0) is 74.4 Å². The fourth-order valence-corrected chi connectivity index (χ4v) is 7.20. The molecular weight excluding hydrogens is 614 g/mol. The molecule has 3 aromatic carbocycles. The first kappa shape index (κ1) is 31.7. The smallest absolute Gasteiger partial charge is 0.337 e. The van der Waals surface area contributed by atoms with E-state index in [0.29, 0.717) is 56.5 Å². The van der Waals surface area contributed by atoms with Crippen molar-refractivity contribution in [2.24, 2.45) is 4.99 Å². The molecule has 240 valence electrons. The summed E-state index contributed by atoms with van der Waals surface area (Å²) >= 11 is 1.24. The minimum atomic E-state index is -0.773. The first-order valence-corrected chi connectivity index (χ1v) is 16.2. The van der Waals surface area contributed by atoms with Crippen LogP contribution in [0, 0.1) is 6.92 Å². The molecule has 0 radical (unpaired) electrons. The van der Waals surface area contributed by atoms with Crippen molar-refractivity contribution in [3.05, 3.63) is 120 Å². The molecule has 2 aromatic heterocycles. The molecule has 1 aliphatic rings. The second kappa shape index (κ2) is 12.9. The first-order valence-electron chi connectivity index (χ1n) is 15.4. The zero-order valence-electron chi connectivity index (χ0n) is 27.1. The maximum absolute atomic E-state index is 14.4. The fourth-order valence-electron chi connectivity index (χ4n) is 6.17. The Balaban J connectivity index is 1.53. The number of methoxy groups -OCH3 is 2. The van der Waals surface area contributed by atoms with Crippen LogP contribution < -0.4 is 19.6 Å². The highest BCUT2D eigenvalue weighted by Gasteiger charge is 2.36. The molecule has 0 bridgehead atoms. The number of benzene rings is 3. The average molecular weight is 650 g/mol. The van der Waals surface area contributed by atoms with Gasteiger partial charge in [-0.15, -0.1) is 0 Å². The van der Waals surface area contributed by atoms with Crippen LogP contribution in [0.15, 0.2) is 92.2 Å². The quantitative estimate of drug-likeness (QED) is 0.202. The standard InChI is InChI=1S/C37H35N3O6S/c1-7-39(8-2)35(42)31-22(4)38-37-40(33(31)32-27-12-10-9-11-23(27)14-17-29(32)44-5)34(41)30(47-37)20-25-15-18-28(46-25)26-16-13-24(19-21(26)3)36(43)45-6/h9-20,33H,7-8H2,1-6H3/b30-20-/t33-/m1/s1. The number of carbonyl (C=O) groups is 2. The molecule has 5 aromatic rings. The number of carbonyl (C=O) groups excluding carboxylic acids is 2. The van der Waals surface area contributed by atoms with Gasteiger partial charge in [-0.3, -0.25) is 14.2 Å². The number of likely N-dealkylation sites (N-methyl/N-ethyl adjacent to an activating group) is 1. The second-order valence-corrected chi connectivity index (χ2v) is 12.2. The van der Waals surface area contributed by atoms with Gasteiger partial charge < -0.3 is 18.8 Å². The molecule has 6 rings (SSSR count).